The molecular formula is C24H26FN6NaO3S. The van der Waals surface area contributed by atoms with Crippen LogP contribution >= 0.6 is 0 Å². The number of nitrogens with one attached hydrogen (secondary N) is 3. The van der Waals surface area contributed by atoms with Crippen LogP contribution in [0.2, 0.25) is 0 Å². The Bertz CT molecular complexity index is 1420. The molecule has 0 aliphatic heterocycles. The summed E-state index contributed by atoms with van der Waals surface area (Å²) >= 11 is 0. The Labute approximate surface area is 233 Å². The van der Waals surface area contributed by atoms with Gasteiger partial charge in [-0.25, -0.2) is 22.5 Å². The van der Waals surface area contributed by atoms with Crippen LogP contribution in [0.3, 0.4) is 0 Å². The van der Waals surface area contributed by atoms with Gasteiger partial charge in [0.05, 0.1) is 17.2 Å². The van der Waals surface area contributed by atoms with Gasteiger partial charge in [0.25, 0.3) is 10.0 Å². The van der Waals surface area contributed by atoms with Gasteiger partial charge in [-0.15, -0.1) is 0 Å². The van der Waals surface area contributed by atoms with Crippen LogP contribution in [0.25, 0.3) is 0 Å². The Balaban J connectivity index is 0.00000342. The van der Waals surface area contributed by atoms with E-state index in [1.165, 1.54) is 6.07 Å². The van der Waals surface area contributed by atoms with Crippen LogP contribution in [0.15, 0.2) is 47.5 Å². The van der Waals surface area contributed by atoms with Crippen molar-refractivity contribution in [2.24, 2.45) is 0 Å². The number of carbonyl (C=O) groups excluding carboxylic acids is 1. The zero-order chi connectivity index (χ0) is 25.6. The second-order valence-electron chi connectivity index (χ2n) is 7.80. The summed E-state index contributed by atoms with van der Waals surface area (Å²) in [7, 11) is -4.06. The monoisotopic (exact) mass is 520 g/mol. The van der Waals surface area contributed by atoms with Crippen molar-refractivity contribution in [2.45, 2.75) is 44.9 Å². The predicted octanol–water partition coefficient (Wildman–Crippen LogP) is 1.51. The summed E-state index contributed by atoms with van der Waals surface area (Å²) in [5.41, 5.74) is 3.39. The van der Waals surface area contributed by atoms with Crippen LogP contribution in [-0.4, -0.2) is 24.3 Å². The Morgan fingerprint density at radius 1 is 1.11 bits per heavy atom. The second kappa shape index (κ2) is 12.8. The molecule has 3 aromatic rings. The number of nitrogens with zero attached hydrogens (tertiary/aromatic N) is 3. The average Bonchev–Trinajstić information content (AvgIpc) is 2.81. The minimum atomic E-state index is -4.06. The van der Waals surface area contributed by atoms with Crippen molar-refractivity contribution in [3.05, 3.63) is 65.1 Å². The first-order valence-electron chi connectivity index (χ1n) is 10.8. The molecule has 0 fully saturated rings. The maximum Gasteiger partial charge on any atom is 1.00 e. The van der Waals surface area contributed by atoms with Crippen LogP contribution < -0.4 is 44.9 Å². The van der Waals surface area contributed by atoms with Crippen LogP contribution in [0, 0.1) is 31.0 Å². The number of amides is 1. The fourth-order valence-corrected chi connectivity index (χ4v) is 4.60. The first-order valence-corrected chi connectivity index (χ1v) is 12.3. The number of carbonyl (C=O) groups is 1. The molecule has 2 aromatic carbocycles. The first kappa shape index (κ1) is 29.2. The summed E-state index contributed by atoms with van der Waals surface area (Å²) in [5.74, 6) is -1.31. The maximum atomic E-state index is 14.4. The van der Waals surface area contributed by atoms with Gasteiger partial charge in [0, 0.05) is 24.2 Å². The van der Waals surface area contributed by atoms with Gasteiger partial charge in [-0.3, -0.25) is 4.79 Å². The number of halogens is 1. The summed E-state index contributed by atoms with van der Waals surface area (Å²) in [6.07, 6.45) is 2.07. The molecular weight excluding hydrogens is 494 g/mol. The third kappa shape index (κ3) is 7.48. The molecule has 0 aliphatic rings. The van der Waals surface area contributed by atoms with Gasteiger partial charge in [-0.05, 0) is 61.2 Å². The van der Waals surface area contributed by atoms with Crippen molar-refractivity contribution in [3.8, 4) is 6.07 Å². The molecule has 0 radical (unpaired) electrons. The van der Waals surface area contributed by atoms with E-state index in [0.29, 0.717) is 29.8 Å². The number of hydrogen-bond donors (Lipinski definition) is 3. The molecule has 184 valence electrons. The molecule has 0 saturated carbocycles. The molecule has 0 bridgehead atoms. The molecule has 0 saturated heterocycles. The Morgan fingerprint density at radius 3 is 2.47 bits per heavy atom. The third-order valence-electron chi connectivity index (χ3n) is 5.16. The van der Waals surface area contributed by atoms with Gasteiger partial charge < -0.3 is 12.1 Å². The fourth-order valence-electron chi connectivity index (χ4n) is 3.27. The molecule has 1 amide bonds. The molecule has 9 nitrogen and oxygen atoms in total. The molecule has 0 atom stereocenters. The van der Waals surface area contributed by atoms with Gasteiger partial charge in [0.2, 0.25) is 11.9 Å². The van der Waals surface area contributed by atoms with Gasteiger partial charge >= 0.3 is 29.6 Å². The minimum Gasteiger partial charge on any atom is -1.00 e. The fraction of sp³-hybridized carbons (Fsp3) is 0.250. The van der Waals surface area contributed by atoms with Gasteiger partial charge in [-0.2, -0.15) is 10.2 Å². The quantitative estimate of drug-likeness (QED) is 0.361. The van der Waals surface area contributed by atoms with Crippen LogP contribution in [0.4, 0.5) is 27.5 Å². The number of benzene rings is 2. The van der Waals surface area contributed by atoms with E-state index >= 15 is 0 Å². The van der Waals surface area contributed by atoms with Crippen LogP contribution in [0.1, 0.15) is 37.9 Å². The van der Waals surface area contributed by atoms with E-state index in [-0.39, 0.29) is 54.1 Å². The van der Waals surface area contributed by atoms with E-state index in [0.717, 1.165) is 17.3 Å². The van der Waals surface area contributed by atoms with Crippen molar-refractivity contribution < 1.29 is 48.6 Å². The summed E-state index contributed by atoms with van der Waals surface area (Å²) in [6.45, 7) is 5.07. The van der Waals surface area contributed by atoms with E-state index in [9.17, 15) is 17.6 Å². The zero-order valence-electron chi connectivity index (χ0n) is 21.5. The topological polar surface area (TPSA) is 137 Å². The molecule has 12 heteroatoms. The Kier molecular flexibility index (Phi) is 10.4. The predicted molar refractivity (Wildman–Crippen MR) is 132 cm³/mol. The molecule has 0 unspecified atom stereocenters. The summed E-state index contributed by atoms with van der Waals surface area (Å²) in [4.78, 5) is 19.6. The number of aryl methyl sites for hydroxylation is 3. The number of aromatic nitrogens is 2. The van der Waals surface area contributed by atoms with Crippen molar-refractivity contribution in [3.63, 3.8) is 0 Å². The van der Waals surface area contributed by atoms with Crippen LogP contribution in [-0.2, 0) is 21.2 Å². The van der Waals surface area contributed by atoms with E-state index in [1.54, 1.807) is 32.0 Å². The van der Waals surface area contributed by atoms with Crippen molar-refractivity contribution in [1.82, 2.24) is 14.7 Å². The molecule has 3 rings (SSSR count). The molecule has 1 heterocycles. The summed E-state index contributed by atoms with van der Waals surface area (Å²) in [6, 6.07) is 12.2. The standard InChI is InChI=1S/C24H25FN6O3S.Na.H/c1-4-22(32)31-35(33,34)21-13-19(9-7-15(21)2)29-24-27-14-20(25)23(30-24)28-18-10-8-17(6-5-11-26)16(3)12-18;;/h7-10,12-14H,4-6H2,1-3H3,(H,31,32)(H2,27,28,29,30);;/q;+1;-1. The van der Waals surface area contributed by atoms with Gasteiger partial charge in [-0.1, -0.05) is 19.1 Å². The average molecular weight is 521 g/mol. The number of nitriles is 1. The Morgan fingerprint density at radius 2 is 1.81 bits per heavy atom. The maximum absolute atomic E-state index is 14.4. The number of anilines is 4. The summed E-state index contributed by atoms with van der Waals surface area (Å²) in [5, 5.41) is 14.6. The normalized spacial score (nSPS) is 10.6. The first-order chi connectivity index (χ1) is 16.6. The molecule has 0 spiro atoms. The molecule has 36 heavy (non-hydrogen) atoms. The molecule has 3 N–H and O–H groups in total. The van der Waals surface area contributed by atoms with E-state index in [1.807, 2.05) is 23.8 Å². The smallest absolute Gasteiger partial charge is 1.00 e. The van der Waals surface area contributed by atoms with E-state index in [2.05, 4.69) is 26.7 Å². The summed E-state index contributed by atoms with van der Waals surface area (Å²) < 4.78 is 41.6. The second-order valence-corrected chi connectivity index (χ2v) is 9.45. The van der Waals surface area contributed by atoms with Crippen molar-refractivity contribution in [1.29, 1.82) is 5.26 Å². The zero-order valence-corrected chi connectivity index (χ0v) is 23.3. The minimum absolute atomic E-state index is 0. The third-order valence-corrected chi connectivity index (χ3v) is 6.67. The molecule has 0 aliphatic carbocycles. The van der Waals surface area contributed by atoms with Crippen molar-refractivity contribution >= 4 is 39.1 Å². The van der Waals surface area contributed by atoms with Gasteiger partial charge in [0.15, 0.2) is 11.6 Å². The Hall–Kier alpha value is -3.04. The molecule has 1 aromatic heterocycles. The number of rotatable bonds is 9. The van der Waals surface area contributed by atoms with Crippen molar-refractivity contribution in [2.75, 3.05) is 10.6 Å². The largest absolute Gasteiger partial charge is 1.00 e. The van der Waals surface area contributed by atoms with E-state index < -0.39 is 21.7 Å². The number of sulfonamides is 1. The van der Waals surface area contributed by atoms with E-state index in [4.69, 9.17) is 5.26 Å². The SMILES string of the molecule is CCC(=O)NS(=O)(=O)c1cc(Nc2ncc(F)c(Nc3ccc(CCC#N)c(C)c3)n2)ccc1C.[H-].[Na+]. The van der Waals surface area contributed by atoms with Gasteiger partial charge in [0.1, 0.15) is 0 Å². The van der Waals surface area contributed by atoms with Crippen LogP contribution in [0.5, 0.6) is 0 Å². The number of hydrogen-bond acceptors (Lipinski definition) is 8.